The van der Waals surface area contributed by atoms with E-state index in [2.05, 4.69) is 5.10 Å². The Hall–Kier alpha value is -1.12. The van der Waals surface area contributed by atoms with Crippen LogP contribution in [0.3, 0.4) is 0 Å². The molecule has 1 aromatic rings. The predicted octanol–water partition coefficient (Wildman–Crippen LogP) is 1.58. The van der Waals surface area contributed by atoms with Gasteiger partial charge < -0.3 is 0 Å². The molecule has 1 heterocycles. The van der Waals surface area contributed by atoms with Crippen molar-refractivity contribution in [1.82, 2.24) is 9.78 Å². The van der Waals surface area contributed by atoms with Crippen molar-refractivity contribution in [2.45, 2.75) is 24.5 Å². The minimum absolute atomic E-state index is 0.0125. The maximum Gasteiger partial charge on any atom is 0.436 e. The third-order valence-corrected chi connectivity index (χ3v) is 2.41. The van der Waals surface area contributed by atoms with Gasteiger partial charge in [-0.25, -0.2) is 0 Å². The summed E-state index contributed by atoms with van der Waals surface area (Å²) in [6.45, 7) is 1.46. The fraction of sp³-hybridized carbons (Fsp3) is 0.500. The monoisotopic (exact) mass is 246 g/mol. The van der Waals surface area contributed by atoms with Gasteiger partial charge >= 0.3 is 16.4 Å². The number of nitrogens with zero attached hydrogens (tertiary/aromatic N) is 2. The predicted molar refractivity (Wildman–Crippen MR) is 41.2 cm³/mol. The molecular formula is C6H6F4N2O2S. The lowest BCUT2D eigenvalue weighted by molar-refractivity contribution is -0.143. The van der Waals surface area contributed by atoms with E-state index in [1.165, 1.54) is 6.92 Å². The maximum absolute atomic E-state index is 12.5. The zero-order valence-electron chi connectivity index (χ0n) is 7.42. The summed E-state index contributed by atoms with van der Waals surface area (Å²) in [4.78, 5) is -1.45. The van der Waals surface area contributed by atoms with Crippen molar-refractivity contribution in [3.05, 3.63) is 11.9 Å². The molecule has 0 amide bonds. The number of alkyl halides is 3. The van der Waals surface area contributed by atoms with Gasteiger partial charge in [0.15, 0.2) is 5.69 Å². The van der Waals surface area contributed by atoms with Gasteiger partial charge in [-0.3, -0.25) is 4.68 Å². The number of aryl methyl sites for hydroxylation is 1. The highest BCUT2D eigenvalue weighted by molar-refractivity contribution is 7.86. The number of rotatable bonds is 2. The van der Waals surface area contributed by atoms with E-state index >= 15 is 0 Å². The van der Waals surface area contributed by atoms with E-state index in [4.69, 9.17) is 0 Å². The lowest BCUT2D eigenvalue weighted by atomic mass is 10.4. The summed E-state index contributed by atoms with van der Waals surface area (Å²) >= 11 is 0. The minimum atomic E-state index is -5.41. The summed E-state index contributed by atoms with van der Waals surface area (Å²) in [5.41, 5.74) is -1.73. The topological polar surface area (TPSA) is 52.0 Å². The second-order valence-electron chi connectivity index (χ2n) is 2.63. The molecule has 4 nitrogen and oxygen atoms in total. The summed E-state index contributed by atoms with van der Waals surface area (Å²) in [5, 5.41) is 2.94. The fourth-order valence-electron chi connectivity index (χ4n) is 0.940. The summed E-state index contributed by atoms with van der Waals surface area (Å²) in [7, 11) is -5.41. The number of hydrogen-bond acceptors (Lipinski definition) is 3. The van der Waals surface area contributed by atoms with Crippen LogP contribution in [0.4, 0.5) is 17.1 Å². The van der Waals surface area contributed by atoms with Crippen molar-refractivity contribution in [1.29, 1.82) is 0 Å². The van der Waals surface area contributed by atoms with Crippen molar-refractivity contribution in [3.63, 3.8) is 0 Å². The van der Waals surface area contributed by atoms with Crippen LogP contribution in [-0.4, -0.2) is 18.2 Å². The van der Waals surface area contributed by atoms with Crippen LogP contribution in [0.15, 0.2) is 11.1 Å². The molecule has 1 aromatic heterocycles. The third-order valence-electron chi connectivity index (χ3n) is 1.58. The first-order valence-electron chi connectivity index (χ1n) is 3.75. The van der Waals surface area contributed by atoms with Crippen molar-refractivity contribution in [3.8, 4) is 0 Å². The highest BCUT2D eigenvalue weighted by Gasteiger charge is 2.41. The molecule has 0 N–H and O–H groups in total. The number of hydrogen-bond donors (Lipinski definition) is 0. The van der Waals surface area contributed by atoms with Crippen LogP contribution >= 0.6 is 0 Å². The van der Waals surface area contributed by atoms with Crippen LogP contribution < -0.4 is 0 Å². The minimum Gasteiger partial charge on any atom is -0.271 e. The van der Waals surface area contributed by atoms with Crippen molar-refractivity contribution < 1.29 is 25.5 Å². The standard InChI is InChI=1S/C6H6F4N2O2S/c1-2-12-3-4(15(10,13)14)5(11-12)6(7,8)9/h3H,2H2,1H3. The number of aromatic nitrogens is 2. The molecule has 0 saturated heterocycles. The molecule has 9 heteroatoms. The Kier molecular flexibility index (Phi) is 2.77. The maximum atomic E-state index is 12.5. The van der Waals surface area contributed by atoms with E-state index in [1.54, 1.807) is 0 Å². The first-order chi connectivity index (χ1) is 6.66. The average molecular weight is 246 g/mol. The van der Waals surface area contributed by atoms with E-state index < -0.39 is 27.0 Å². The Morgan fingerprint density at radius 1 is 1.47 bits per heavy atom. The summed E-state index contributed by atoms with van der Waals surface area (Å²) in [6.07, 6.45) is -4.48. The van der Waals surface area contributed by atoms with Crippen LogP contribution in [0.5, 0.6) is 0 Å². The van der Waals surface area contributed by atoms with E-state index in [1.807, 2.05) is 0 Å². The van der Waals surface area contributed by atoms with Crippen LogP contribution in [0, 0.1) is 0 Å². The number of halogens is 4. The van der Waals surface area contributed by atoms with Crippen LogP contribution in [0.2, 0.25) is 0 Å². The van der Waals surface area contributed by atoms with Gasteiger partial charge in [0, 0.05) is 12.7 Å². The second kappa shape index (κ2) is 3.47. The molecule has 0 aliphatic carbocycles. The first-order valence-corrected chi connectivity index (χ1v) is 5.14. The largest absolute Gasteiger partial charge is 0.436 e. The van der Waals surface area contributed by atoms with Gasteiger partial charge in [-0.15, -0.1) is 3.89 Å². The molecule has 0 aliphatic heterocycles. The van der Waals surface area contributed by atoms with Gasteiger partial charge in [-0.05, 0) is 6.92 Å². The third kappa shape index (κ3) is 2.46. The molecular weight excluding hydrogens is 240 g/mol. The lowest BCUT2D eigenvalue weighted by Gasteiger charge is -2.02. The van der Waals surface area contributed by atoms with Crippen LogP contribution in [-0.2, 0) is 22.9 Å². The molecule has 0 saturated carbocycles. The highest BCUT2D eigenvalue weighted by atomic mass is 32.3. The van der Waals surface area contributed by atoms with E-state index in [0.717, 1.165) is 0 Å². The smallest absolute Gasteiger partial charge is 0.271 e. The first kappa shape index (κ1) is 12.0. The summed E-state index contributed by atoms with van der Waals surface area (Å²) < 4.78 is 70.7. The molecule has 0 fully saturated rings. The Morgan fingerprint density at radius 2 is 2.00 bits per heavy atom. The van der Waals surface area contributed by atoms with Crippen molar-refractivity contribution >= 4 is 10.2 Å². The quantitative estimate of drug-likeness (QED) is 0.588. The Morgan fingerprint density at radius 3 is 2.27 bits per heavy atom. The normalized spacial score (nSPS) is 13.1. The van der Waals surface area contributed by atoms with Crippen molar-refractivity contribution in [2.75, 3.05) is 0 Å². The molecule has 0 spiro atoms. The van der Waals surface area contributed by atoms with Gasteiger partial charge in [0.25, 0.3) is 0 Å². The zero-order valence-corrected chi connectivity index (χ0v) is 8.23. The van der Waals surface area contributed by atoms with Gasteiger partial charge in [-0.2, -0.15) is 26.7 Å². The molecule has 0 atom stereocenters. The molecule has 86 valence electrons. The molecule has 0 unspecified atom stereocenters. The molecule has 15 heavy (non-hydrogen) atoms. The lowest BCUT2D eigenvalue weighted by Crippen LogP contribution is -2.11. The zero-order chi connectivity index (χ0) is 11.9. The molecule has 0 bridgehead atoms. The van der Waals surface area contributed by atoms with Gasteiger partial charge in [0.1, 0.15) is 4.90 Å². The molecule has 0 aromatic carbocycles. The molecule has 0 radical (unpaired) electrons. The van der Waals surface area contributed by atoms with Gasteiger partial charge in [0.2, 0.25) is 0 Å². The van der Waals surface area contributed by atoms with E-state index in [0.29, 0.717) is 10.9 Å². The summed E-state index contributed by atoms with van der Waals surface area (Å²) in [6, 6.07) is 0. The Labute approximate surface area is 82.7 Å². The molecule has 1 rings (SSSR count). The summed E-state index contributed by atoms with van der Waals surface area (Å²) in [5.74, 6) is 0. The molecule has 0 aliphatic rings. The fourth-order valence-corrected chi connectivity index (χ4v) is 1.57. The Balaban J connectivity index is 3.44. The second-order valence-corrected chi connectivity index (χ2v) is 3.95. The van der Waals surface area contributed by atoms with Crippen molar-refractivity contribution in [2.24, 2.45) is 0 Å². The SMILES string of the molecule is CCn1cc(S(=O)(=O)F)c(C(F)(F)F)n1. The van der Waals surface area contributed by atoms with Crippen LogP contribution in [0.25, 0.3) is 0 Å². The van der Waals surface area contributed by atoms with Crippen LogP contribution in [0.1, 0.15) is 12.6 Å². The van der Waals surface area contributed by atoms with E-state index in [-0.39, 0.29) is 6.54 Å². The van der Waals surface area contributed by atoms with E-state index in [9.17, 15) is 25.5 Å². The van der Waals surface area contributed by atoms with Gasteiger partial charge in [-0.1, -0.05) is 0 Å². The average Bonchev–Trinajstić information content (AvgIpc) is 2.44. The van der Waals surface area contributed by atoms with Gasteiger partial charge in [0.05, 0.1) is 0 Å². The highest BCUT2D eigenvalue weighted by Crippen LogP contribution is 2.33. The Bertz CT molecular complexity index is 462.